The lowest BCUT2D eigenvalue weighted by Crippen LogP contribution is -2.36. The van der Waals surface area contributed by atoms with Crippen LogP contribution in [0.4, 0.5) is 0 Å². The van der Waals surface area contributed by atoms with Gasteiger partial charge in [-0.05, 0) is 38.4 Å². The van der Waals surface area contributed by atoms with E-state index in [2.05, 4.69) is 5.32 Å². The van der Waals surface area contributed by atoms with Gasteiger partial charge in [0.15, 0.2) is 0 Å². The third kappa shape index (κ3) is 3.15. The summed E-state index contributed by atoms with van der Waals surface area (Å²) in [5.41, 5.74) is 1.30. The molecule has 0 aliphatic heterocycles. The summed E-state index contributed by atoms with van der Waals surface area (Å²) in [5, 5.41) is 13.3. The Balaban J connectivity index is 1.88. The maximum atomic E-state index is 11.0. The predicted octanol–water partition coefficient (Wildman–Crippen LogP) is 2.68. The first-order chi connectivity index (χ1) is 9.00. The number of benzene rings is 1. The van der Waals surface area contributed by atoms with E-state index in [4.69, 9.17) is 9.52 Å². The van der Waals surface area contributed by atoms with Gasteiger partial charge in [-0.1, -0.05) is 18.2 Å². The highest BCUT2D eigenvalue weighted by Crippen LogP contribution is 2.20. The van der Waals surface area contributed by atoms with Crippen molar-refractivity contribution in [2.24, 2.45) is 5.41 Å². The molecule has 0 aliphatic carbocycles. The molecule has 102 valence electrons. The molecular formula is C15H19NO3. The normalized spacial score (nSPS) is 11.9. The van der Waals surface area contributed by atoms with E-state index in [1.807, 2.05) is 24.3 Å². The van der Waals surface area contributed by atoms with E-state index in [-0.39, 0.29) is 0 Å². The van der Waals surface area contributed by atoms with Crippen LogP contribution in [0, 0.1) is 5.41 Å². The SMILES string of the molecule is CC(C)(CNCCc1coc2ccccc12)C(=O)O. The molecule has 2 rings (SSSR count). The molecule has 2 aromatic rings. The van der Waals surface area contributed by atoms with Crippen molar-refractivity contribution < 1.29 is 14.3 Å². The molecule has 0 amide bonds. The zero-order valence-corrected chi connectivity index (χ0v) is 11.3. The van der Waals surface area contributed by atoms with Crippen LogP contribution >= 0.6 is 0 Å². The monoisotopic (exact) mass is 261 g/mol. The molecule has 0 aliphatic rings. The van der Waals surface area contributed by atoms with Crippen molar-refractivity contribution in [3.8, 4) is 0 Å². The topological polar surface area (TPSA) is 62.5 Å². The molecule has 0 spiro atoms. The number of carbonyl (C=O) groups is 1. The molecular weight excluding hydrogens is 242 g/mol. The highest BCUT2D eigenvalue weighted by Gasteiger charge is 2.26. The van der Waals surface area contributed by atoms with E-state index in [1.165, 1.54) is 0 Å². The summed E-state index contributed by atoms with van der Waals surface area (Å²) in [6, 6.07) is 7.92. The van der Waals surface area contributed by atoms with Gasteiger partial charge in [0.2, 0.25) is 0 Å². The van der Waals surface area contributed by atoms with E-state index in [0.29, 0.717) is 6.54 Å². The van der Waals surface area contributed by atoms with Gasteiger partial charge in [0.1, 0.15) is 5.58 Å². The molecule has 19 heavy (non-hydrogen) atoms. The first kappa shape index (κ1) is 13.6. The summed E-state index contributed by atoms with van der Waals surface area (Å²) in [6.45, 7) is 4.63. The lowest BCUT2D eigenvalue weighted by molar-refractivity contribution is -0.146. The molecule has 0 fully saturated rings. The van der Waals surface area contributed by atoms with Crippen molar-refractivity contribution in [1.82, 2.24) is 5.32 Å². The Kier molecular flexibility index (Phi) is 3.90. The largest absolute Gasteiger partial charge is 0.481 e. The number of furan rings is 1. The van der Waals surface area contributed by atoms with Gasteiger partial charge < -0.3 is 14.8 Å². The van der Waals surface area contributed by atoms with E-state index in [0.717, 1.165) is 29.5 Å². The molecule has 4 nitrogen and oxygen atoms in total. The van der Waals surface area contributed by atoms with Crippen LogP contribution in [-0.4, -0.2) is 24.2 Å². The molecule has 0 saturated heterocycles. The minimum atomic E-state index is -0.784. The second-order valence-electron chi connectivity index (χ2n) is 5.37. The van der Waals surface area contributed by atoms with E-state index >= 15 is 0 Å². The number of para-hydroxylation sites is 1. The summed E-state index contributed by atoms with van der Waals surface area (Å²) in [7, 11) is 0. The zero-order valence-electron chi connectivity index (χ0n) is 11.3. The maximum absolute atomic E-state index is 11.0. The summed E-state index contributed by atoms with van der Waals surface area (Å²) in [6.07, 6.45) is 2.60. The molecule has 1 aromatic heterocycles. The smallest absolute Gasteiger partial charge is 0.310 e. The predicted molar refractivity (Wildman–Crippen MR) is 74.2 cm³/mol. The van der Waals surface area contributed by atoms with Crippen LogP contribution in [0.3, 0.4) is 0 Å². The van der Waals surface area contributed by atoms with Gasteiger partial charge in [0.05, 0.1) is 11.7 Å². The summed E-state index contributed by atoms with van der Waals surface area (Å²) >= 11 is 0. The number of carboxylic acids is 1. The van der Waals surface area contributed by atoms with Crippen LogP contribution in [0.5, 0.6) is 0 Å². The van der Waals surface area contributed by atoms with Crippen molar-refractivity contribution in [1.29, 1.82) is 0 Å². The number of hydrogen-bond donors (Lipinski definition) is 2. The number of hydrogen-bond acceptors (Lipinski definition) is 3. The number of nitrogens with one attached hydrogen (secondary N) is 1. The van der Waals surface area contributed by atoms with Crippen LogP contribution < -0.4 is 5.32 Å². The molecule has 0 unspecified atom stereocenters. The van der Waals surface area contributed by atoms with Crippen molar-refractivity contribution in [3.05, 3.63) is 36.1 Å². The fourth-order valence-electron chi connectivity index (χ4n) is 1.93. The van der Waals surface area contributed by atoms with Crippen molar-refractivity contribution in [2.45, 2.75) is 20.3 Å². The first-order valence-corrected chi connectivity index (χ1v) is 6.40. The average Bonchev–Trinajstić information content (AvgIpc) is 2.78. The summed E-state index contributed by atoms with van der Waals surface area (Å²) < 4.78 is 5.46. The fraction of sp³-hybridized carbons (Fsp3) is 0.400. The van der Waals surface area contributed by atoms with E-state index in [9.17, 15) is 4.79 Å². The lowest BCUT2D eigenvalue weighted by atomic mass is 9.94. The van der Waals surface area contributed by atoms with Crippen molar-refractivity contribution in [3.63, 3.8) is 0 Å². The van der Waals surface area contributed by atoms with Gasteiger partial charge in [-0.25, -0.2) is 0 Å². The fourth-order valence-corrected chi connectivity index (χ4v) is 1.93. The highest BCUT2D eigenvalue weighted by molar-refractivity contribution is 5.80. The van der Waals surface area contributed by atoms with Crippen LogP contribution in [-0.2, 0) is 11.2 Å². The van der Waals surface area contributed by atoms with Crippen LogP contribution in [0.15, 0.2) is 34.9 Å². The molecule has 0 saturated carbocycles. The molecule has 1 heterocycles. The Bertz CT molecular complexity index is 572. The minimum Gasteiger partial charge on any atom is -0.481 e. The molecule has 0 radical (unpaired) electrons. The van der Waals surface area contributed by atoms with Gasteiger partial charge in [0, 0.05) is 11.9 Å². The Morgan fingerprint density at radius 1 is 1.37 bits per heavy atom. The Labute approximate surface area is 112 Å². The summed E-state index contributed by atoms with van der Waals surface area (Å²) in [5.74, 6) is -0.784. The molecule has 0 atom stereocenters. The highest BCUT2D eigenvalue weighted by atomic mass is 16.4. The summed E-state index contributed by atoms with van der Waals surface area (Å²) in [4.78, 5) is 11.0. The number of rotatable bonds is 6. The molecule has 0 bridgehead atoms. The zero-order chi connectivity index (χ0) is 13.9. The second-order valence-corrected chi connectivity index (χ2v) is 5.37. The molecule has 1 aromatic carbocycles. The van der Waals surface area contributed by atoms with E-state index < -0.39 is 11.4 Å². The Hall–Kier alpha value is -1.81. The first-order valence-electron chi connectivity index (χ1n) is 6.40. The van der Waals surface area contributed by atoms with Gasteiger partial charge in [-0.3, -0.25) is 4.79 Å². The van der Waals surface area contributed by atoms with Crippen LogP contribution in [0.2, 0.25) is 0 Å². The van der Waals surface area contributed by atoms with Crippen LogP contribution in [0.25, 0.3) is 11.0 Å². The van der Waals surface area contributed by atoms with Gasteiger partial charge in [-0.15, -0.1) is 0 Å². The van der Waals surface area contributed by atoms with Crippen molar-refractivity contribution in [2.75, 3.05) is 13.1 Å². The molecule has 4 heteroatoms. The number of fused-ring (bicyclic) bond motifs is 1. The second kappa shape index (κ2) is 5.45. The quantitative estimate of drug-likeness (QED) is 0.785. The van der Waals surface area contributed by atoms with Gasteiger partial charge in [0.25, 0.3) is 0 Å². The number of aliphatic carboxylic acids is 1. The third-order valence-corrected chi connectivity index (χ3v) is 3.28. The number of carboxylic acid groups (broad SMARTS) is 1. The van der Waals surface area contributed by atoms with E-state index in [1.54, 1.807) is 20.1 Å². The standard InChI is InChI=1S/C15H19NO3/c1-15(2,14(17)18)10-16-8-7-11-9-19-13-6-4-3-5-12(11)13/h3-6,9,16H,7-8,10H2,1-2H3,(H,17,18). The Morgan fingerprint density at radius 3 is 2.84 bits per heavy atom. The molecule has 2 N–H and O–H groups in total. The minimum absolute atomic E-state index is 0.456. The maximum Gasteiger partial charge on any atom is 0.310 e. The average molecular weight is 261 g/mol. The lowest BCUT2D eigenvalue weighted by Gasteiger charge is -2.19. The van der Waals surface area contributed by atoms with Crippen LogP contribution in [0.1, 0.15) is 19.4 Å². The van der Waals surface area contributed by atoms with Gasteiger partial charge in [-0.2, -0.15) is 0 Å². The third-order valence-electron chi connectivity index (χ3n) is 3.28. The van der Waals surface area contributed by atoms with Crippen molar-refractivity contribution >= 4 is 16.9 Å². The Morgan fingerprint density at radius 2 is 2.11 bits per heavy atom. The van der Waals surface area contributed by atoms with Gasteiger partial charge >= 0.3 is 5.97 Å².